The fourth-order valence-corrected chi connectivity index (χ4v) is 1.93. The Morgan fingerprint density at radius 3 is 2.33 bits per heavy atom. The number of amides is 1. The van der Waals surface area contributed by atoms with Gasteiger partial charge in [-0.15, -0.1) is 0 Å². The molecule has 3 nitrogen and oxygen atoms in total. The first-order chi connectivity index (χ1) is 8.58. The lowest BCUT2D eigenvalue weighted by atomic mass is 10.0. The van der Waals surface area contributed by atoms with Gasteiger partial charge in [0.25, 0.3) is 0 Å². The molecule has 1 aromatic rings. The van der Waals surface area contributed by atoms with Gasteiger partial charge in [0, 0.05) is 17.5 Å². The summed E-state index contributed by atoms with van der Waals surface area (Å²) in [6.45, 7) is 4.21. The molecule has 0 saturated carbocycles. The van der Waals surface area contributed by atoms with Gasteiger partial charge in [0.15, 0.2) is 0 Å². The molecule has 0 aliphatic heterocycles. The molecular formula is C14H20ClNO2. The van der Waals surface area contributed by atoms with Crippen molar-refractivity contribution in [3.63, 3.8) is 0 Å². The van der Waals surface area contributed by atoms with Gasteiger partial charge in [-0.2, -0.15) is 0 Å². The zero-order valence-electron chi connectivity index (χ0n) is 10.8. The van der Waals surface area contributed by atoms with Crippen LogP contribution in [0.5, 0.6) is 0 Å². The SMILES string of the molecule is CCC(CC)C(=O)NCC(O)c1ccc(Cl)cc1. The quantitative estimate of drug-likeness (QED) is 0.834. The Morgan fingerprint density at radius 2 is 1.83 bits per heavy atom. The lowest BCUT2D eigenvalue weighted by Crippen LogP contribution is -2.33. The van der Waals surface area contributed by atoms with Crippen LogP contribution in [-0.2, 0) is 4.79 Å². The van der Waals surface area contributed by atoms with Gasteiger partial charge in [-0.05, 0) is 30.5 Å². The maximum Gasteiger partial charge on any atom is 0.223 e. The Morgan fingerprint density at radius 1 is 1.28 bits per heavy atom. The highest BCUT2D eigenvalue weighted by Crippen LogP contribution is 2.16. The van der Waals surface area contributed by atoms with Crippen LogP contribution in [-0.4, -0.2) is 17.6 Å². The monoisotopic (exact) mass is 269 g/mol. The summed E-state index contributed by atoms with van der Waals surface area (Å²) in [7, 11) is 0. The van der Waals surface area contributed by atoms with Gasteiger partial charge >= 0.3 is 0 Å². The summed E-state index contributed by atoms with van der Waals surface area (Å²) in [6, 6.07) is 6.97. The van der Waals surface area contributed by atoms with E-state index in [4.69, 9.17) is 11.6 Å². The van der Waals surface area contributed by atoms with Crippen LogP contribution in [0.1, 0.15) is 38.4 Å². The van der Waals surface area contributed by atoms with E-state index in [9.17, 15) is 9.90 Å². The molecule has 4 heteroatoms. The number of aliphatic hydroxyl groups excluding tert-OH is 1. The molecule has 0 spiro atoms. The van der Waals surface area contributed by atoms with Gasteiger partial charge in [0.2, 0.25) is 5.91 Å². The Balaban J connectivity index is 2.48. The van der Waals surface area contributed by atoms with Gasteiger partial charge in [-0.25, -0.2) is 0 Å². The molecule has 0 aliphatic rings. The fraction of sp³-hybridized carbons (Fsp3) is 0.500. The van der Waals surface area contributed by atoms with Crippen molar-refractivity contribution in [3.8, 4) is 0 Å². The molecule has 100 valence electrons. The lowest BCUT2D eigenvalue weighted by molar-refractivity contribution is -0.125. The Kier molecular flexibility index (Phi) is 6.16. The molecule has 0 aliphatic carbocycles. The Labute approximate surface area is 113 Å². The maximum atomic E-state index is 11.8. The lowest BCUT2D eigenvalue weighted by Gasteiger charge is -2.16. The van der Waals surface area contributed by atoms with E-state index in [0.717, 1.165) is 18.4 Å². The highest BCUT2D eigenvalue weighted by atomic mass is 35.5. The van der Waals surface area contributed by atoms with Gasteiger partial charge in [-0.3, -0.25) is 4.79 Å². The van der Waals surface area contributed by atoms with E-state index < -0.39 is 6.10 Å². The van der Waals surface area contributed by atoms with Crippen molar-refractivity contribution in [3.05, 3.63) is 34.9 Å². The second-order valence-electron chi connectivity index (χ2n) is 4.33. The second kappa shape index (κ2) is 7.39. The van der Waals surface area contributed by atoms with Crippen molar-refractivity contribution in [1.82, 2.24) is 5.32 Å². The molecular weight excluding hydrogens is 250 g/mol. The van der Waals surface area contributed by atoms with E-state index in [1.165, 1.54) is 0 Å². The van der Waals surface area contributed by atoms with E-state index in [0.29, 0.717) is 5.02 Å². The summed E-state index contributed by atoms with van der Waals surface area (Å²) < 4.78 is 0. The van der Waals surface area contributed by atoms with Crippen molar-refractivity contribution in [2.75, 3.05) is 6.54 Å². The average Bonchev–Trinajstić information content (AvgIpc) is 2.38. The van der Waals surface area contributed by atoms with Gasteiger partial charge < -0.3 is 10.4 Å². The number of hydrogen-bond donors (Lipinski definition) is 2. The first-order valence-corrected chi connectivity index (χ1v) is 6.67. The fourth-order valence-electron chi connectivity index (χ4n) is 1.80. The molecule has 0 aromatic heterocycles. The van der Waals surface area contributed by atoms with Crippen molar-refractivity contribution >= 4 is 17.5 Å². The number of aliphatic hydroxyl groups is 1. The number of nitrogens with one attached hydrogen (secondary N) is 1. The topological polar surface area (TPSA) is 49.3 Å². The van der Waals surface area contributed by atoms with Crippen molar-refractivity contribution in [2.24, 2.45) is 5.92 Å². The summed E-state index contributed by atoms with van der Waals surface area (Å²) in [5, 5.41) is 13.3. The van der Waals surface area contributed by atoms with Crippen molar-refractivity contribution in [1.29, 1.82) is 0 Å². The van der Waals surface area contributed by atoms with Crippen LogP contribution in [0.2, 0.25) is 5.02 Å². The number of rotatable bonds is 6. The van der Waals surface area contributed by atoms with Crippen LogP contribution in [0, 0.1) is 5.92 Å². The summed E-state index contributed by atoms with van der Waals surface area (Å²) in [4.78, 5) is 11.8. The molecule has 1 aromatic carbocycles. The minimum atomic E-state index is -0.694. The molecule has 0 heterocycles. The van der Waals surface area contributed by atoms with E-state index in [2.05, 4.69) is 5.32 Å². The summed E-state index contributed by atoms with van der Waals surface area (Å²) in [5.41, 5.74) is 0.754. The van der Waals surface area contributed by atoms with Gasteiger partial charge in [0.1, 0.15) is 0 Å². The van der Waals surface area contributed by atoms with Gasteiger partial charge in [-0.1, -0.05) is 37.6 Å². The van der Waals surface area contributed by atoms with E-state index in [1.54, 1.807) is 24.3 Å². The third kappa shape index (κ3) is 4.31. The average molecular weight is 270 g/mol. The first-order valence-electron chi connectivity index (χ1n) is 6.29. The predicted molar refractivity (Wildman–Crippen MR) is 73.5 cm³/mol. The van der Waals surface area contributed by atoms with Crippen LogP contribution in [0.25, 0.3) is 0 Å². The molecule has 2 N–H and O–H groups in total. The third-order valence-electron chi connectivity index (χ3n) is 3.08. The molecule has 18 heavy (non-hydrogen) atoms. The van der Waals surface area contributed by atoms with E-state index in [-0.39, 0.29) is 18.4 Å². The van der Waals surface area contributed by atoms with Crippen molar-refractivity contribution in [2.45, 2.75) is 32.8 Å². The van der Waals surface area contributed by atoms with E-state index >= 15 is 0 Å². The molecule has 0 fully saturated rings. The summed E-state index contributed by atoms with van der Waals surface area (Å²) in [6.07, 6.45) is 0.944. The van der Waals surface area contributed by atoms with Crippen LogP contribution < -0.4 is 5.32 Å². The third-order valence-corrected chi connectivity index (χ3v) is 3.33. The highest BCUT2D eigenvalue weighted by molar-refractivity contribution is 6.30. The van der Waals surface area contributed by atoms with Crippen LogP contribution in [0.4, 0.5) is 0 Å². The molecule has 0 saturated heterocycles. The first kappa shape index (κ1) is 15.0. The minimum absolute atomic E-state index is 0.00742. The number of carbonyl (C=O) groups excluding carboxylic acids is 1. The minimum Gasteiger partial charge on any atom is -0.387 e. The zero-order chi connectivity index (χ0) is 13.5. The van der Waals surface area contributed by atoms with Crippen LogP contribution >= 0.6 is 11.6 Å². The van der Waals surface area contributed by atoms with Crippen LogP contribution in [0.15, 0.2) is 24.3 Å². The number of hydrogen-bond acceptors (Lipinski definition) is 2. The number of benzene rings is 1. The molecule has 0 radical (unpaired) electrons. The second-order valence-corrected chi connectivity index (χ2v) is 4.76. The number of carbonyl (C=O) groups is 1. The summed E-state index contributed by atoms with van der Waals surface area (Å²) >= 11 is 5.77. The highest BCUT2D eigenvalue weighted by Gasteiger charge is 2.15. The molecule has 1 rings (SSSR count). The molecule has 1 unspecified atom stereocenters. The predicted octanol–water partition coefficient (Wildman–Crippen LogP) is 2.93. The Bertz CT molecular complexity index is 374. The normalized spacial score (nSPS) is 12.5. The standard InChI is InChI=1S/C14H20ClNO2/c1-3-10(4-2)14(18)16-9-13(17)11-5-7-12(15)8-6-11/h5-8,10,13,17H,3-4,9H2,1-2H3,(H,16,18). The molecule has 1 atom stereocenters. The maximum absolute atomic E-state index is 11.8. The molecule has 1 amide bonds. The van der Waals surface area contributed by atoms with Crippen LogP contribution in [0.3, 0.4) is 0 Å². The van der Waals surface area contributed by atoms with Crippen molar-refractivity contribution < 1.29 is 9.90 Å². The van der Waals surface area contributed by atoms with E-state index in [1.807, 2.05) is 13.8 Å². The zero-order valence-corrected chi connectivity index (χ0v) is 11.6. The van der Waals surface area contributed by atoms with Gasteiger partial charge in [0.05, 0.1) is 6.10 Å². The smallest absolute Gasteiger partial charge is 0.223 e. The Hall–Kier alpha value is -1.06. The summed E-state index contributed by atoms with van der Waals surface area (Å²) in [5.74, 6) is 0.0374. The molecule has 0 bridgehead atoms. The largest absolute Gasteiger partial charge is 0.387 e. The number of halogens is 1.